The first kappa shape index (κ1) is 11.5. The molecule has 4 heteroatoms. The second kappa shape index (κ2) is 5.32. The van der Waals surface area contributed by atoms with Gasteiger partial charge in [0.15, 0.2) is 0 Å². The van der Waals surface area contributed by atoms with Crippen LogP contribution in [0.15, 0.2) is 0 Å². The van der Waals surface area contributed by atoms with Crippen LogP contribution in [-0.2, 0) is 4.79 Å². The number of carbonyl (C=O) groups excluding carboxylic acids is 1. The highest BCUT2D eigenvalue weighted by molar-refractivity contribution is 5.81. The van der Waals surface area contributed by atoms with E-state index in [0.717, 1.165) is 25.8 Å². The van der Waals surface area contributed by atoms with Crippen molar-refractivity contribution in [1.82, 2.24) is 10.2 Å². The zero-order valence-electron chi connectivity index (χ0n) is 8.99. The minimum atomic E-state index is -0.379. The van der Waals surface area contributed by atoms with E-state index in [1.807, 2.05) is 11.9 Å². The second-order valence-electron chi connectivity index (χ2n) is 4.09. The van der Waals surface area contributed by atoms with E-state index in [-0.39, 0.29) is 18.1 Å². The van der Waals surface area contributed by atoms with Crippen molar-refractivity contribution in [3.05, 3.63) is 0 Å². The molecule has 2 unspecified atom stereocenters. The monoisotopic (exact) mass is 200 g/mol. The molecule has 1 fully saturated rings. The molecular formula is C10H20N2O2. The first-order valence-corrected chi connectivity index (χ1v) is 5.27. The number of likely N-dealkylation sites (N-methyl/N-ethyl adjacent to an activating group) is 1. The highest BCUT2D eigenvalue weighted by Gasteiger charge is 2.24. The summed E-state index contributed by atoms with van der Waals surface area (Å²) < 4.78 is 0. The molecule has 82 valence electrons. The van der Waals surface area contributed by atoms with Crippen LogP contribution in [0.1, 0.15) is 26.2 Å². The standard InChI is InChI=1S/C10H20N2O2/c1-8(13)7-12(2)9-5-3-4-6-11-10(9)14/h8-9,13H,3-7H2,1-2H3,(H,11,14). The smallest absolute Gasteiger partial charge is 0.237 e. The van der Waals surface area contributed by atoms with E-state index in [1.165, 1.54) is 0 Å². The van der Waals surface area contributed by atoms with Crippen LogP contribution in [0.2, 0.25) is 0 Å². The highest BCUT2D eigenvalue weighted by Crippen LogP contribution is 2.11. The molecule has 1 aliphatic heterocycles. The molecule has 0 aromatic rings. The predicted octanol–water partition coefficient (Wildman–Crippen LogP) is -0.0323. The van der Waals surface area contributed by atoms with Crippen molar-refractivity contribution >= 4 is 5.91 Å². The van der Waals surface area contributed by atoms with Gasteiger partial charge >= 0.3 is 0 Å². The van der Waals surface area contributed by atoms with Gasteiger partial charge in [0.2, 0.25) is 5.91 Å². The molecule has 1 saturated heterocycles. The number of nitrogens with one attached hydrogen (secondary N) is 1. The Bertz CT molecular complexity index is 195. The van der Waals surface area contributed by atoms with Crippen LogP contribution in [0.5, 0.6) is 0 Å². The van der Waals surface area contributed by atoms with Gasteiger partial charge in [-0.05, 0) is 33.2 Å². The zero-order chi connectivity index (χ0) is 10.6. The molecule has 0 saturated carbocycles. The molecule has 0 bridgehead atoms. The lowest BCUT2D eigenvalue weighted by Crippen LogP contribution is -2.46. The third-order valence-corrected chi connectivity index (χ3v) is 2.59. The van der Waals surface area contributed by atoms with Gasteiger partial charge in [0.05, 0.1) is 12.1 Å². The number of hydrogen-bond donors (Lipinski definition) is 2. The van der Waals surface area contributed by atoms with Gasteiger partial charge in [-0.15, -0.1) is 0 Å². The van der Waals surface area contributed by atoms with Gasteiger partial charge in [-0.1, -0.05) is 0 Å². The summed E-state index contributed by atoms with van der Waals surface area (Å²) in [5, 5.41) is 12.1. The van der Waals surface area contributed by atoms with Crippen molar-refractivity contribution in [3.63, 3.8) is 0 Å². The lowest BCUT2D eigenvalue weighted by molar-refractivity contribution is -0.126. The van der Waals surface area contributed by atoms with Crippen LogP contribution in [0.25, 0.3) is 0 Å². The first-order valence-electron chi connectivity index (χ1n) is 5.27. The SMILES string of the molecule is CC(O)CN(C)C1CCCCNC1=O. The third kappa shape index (κ3) is 3.27. The minimum absolute atomic E-state index is 0.0629. The summed E-state index contributed by atoms with van der Waals surface area (Å²) in [5.41, 5.74) is 0. The fourth-order valence-corrected chi connectivity index (χ4v) is 1.89. The van der Waals surface area contributed by atoms with E-state index in [2.05, 4.69) is 5.32 Å². The summed E-state index contributed by atoms with van der Waals surface area (Å²) in [6.07, 6.45) is 2.66. The molecule has 2 atom stereocenters. The number of hydrogen-bond acceptors (Lipinski definition) is 3. The molecule has 0 spiro atoms. The van der Waals surface area contributed by atoms with Crippen molar-refractivity contribution in [1.29, 1.82) is 0 Å². The number of aliphatic hydroxyl groups is 1. The number of nitrogens with zero attached hydrogens (tertiary/aromatic N) is 1. The normalized spacial score (nSPS) is 25.7. The van der Waals surface area contributed by atoms with Crippen molar-refractivity contribution in [2.24, 2.45) is 0 Å². The lowest BCUT2D eigenvalue weighted by Gasteiger charge is -2.26. The summed E-state index contributed by atoms with van der Waals surface area (Å²) >= 11 is 0. The van der Waals surface area contributed by atoms with E-state index in [4.69, 9.17) is 0 Å². The average Bonchev–Trinajstić information content (AvgIpc) is 2.28. The number of rotatable bonds is 3. The third-order valence-electron chi connectivity index (χ3n) is 2.59. The largest absolute Gasteiger partial charge is 0.392 e. The number of carbonyl (C=O) groups is 1. The quantitative estimate of drug-likeness (QED) is 0.672. The van der Waals surface area contributed by atoms with Gasteiger partial charge in [0.1, 0.15) is 0 Å². The molecular weight excluding hydrogens is 180 g/mol. The summed E-state index contributed by atoms with van der Waals surface area (Å²) in [5.74, 6) is 0.102. The Balaban J connectivity index is 2.50. The molecule has 0 aromatic heterocycles. The van der Waals surface area contributed by atoms with Gasteiger partial charge < -0.3 is 10.4 Å². The van der Waals surface area contributed by atoms with E-state index in [1.54, 1.807) is 6.92 Å². The molecule has 0 radical (unpaired) electrons. The summed E-state index contributed by atoms with van der Waals surface area (Å²) in [6.45, 7) is 3.08. The fraction of sp³-hybridized carbons (Fsp3) is 0.900. The van der Waals surface area contributed by atoms with Crippen LogP contribution in [0, 0.1) is 0 Å². The summed E-state index contributed by atoms with van der Waals surface area (Å²) in [6, 6.07) is -0.0629. The summed E-state index contributed by atoms with van der Waals surface area (Å²) in [4.78, 5) is 13.5. The van der Waals surface area contributed by atoms with Crippen LogP contribution in [0.4, 0.5) is 0 Å². The molecule has 0 aromatic carbocycles. The Hall–Kier alpha value is -0.610. The maximum Gasteiger partial charge on any atom is 0.237 e. The van der Waals surface area contributed by atoms with Crippen LogP contribution in [-0.4, -0.2) is 48.2 Å². The van der Waals surface area contributed by atoms with Gasteiger partial charge in [0, 0.05) is 13.1 Å². The lowest BCUT2D eigenvalue weighted by atomic mass is 10.1. The van der Waals surface area contributed by atoms with Gasteiger partial charge in [0.25, 0.3) is 0 Å². The Morgan fingerprint density at radius 3 is 3.00 bits per heavy atom. The predicted molar refractivity (Wildman–Crippen MR) is 55.0 cm³/mol. The van der Waals surface area contributed by atoms with Crippen LogP contribution < -0.4 is 5.32 Å². The molecule has 1 amide bonds. The highest BCUT2D eigenvalue weighted by atomic mass is 16.3. The maximum absolute atomic E-state index is 11.6. The Morgan fingerprint density at radius 1 is 1.64 bits per heavy atom. The Morgan fingerprint density at radius 2 is 2.36 bits per heavy atom. The van der Waals surface area contributed by atoms with Crippen molar-refractivity contribution < 1.29 is 9.90 Å². The summed E-state index contributed by atoms with van der Waals surface area (Å²) in [7, 11) is 1.89. The molecule has 0 aliphatic carbocycles. The molecule has 1 heterocycles. The molecule has 14 heavy (non-hydrogen) atoms. The molecule has 4 nitrogen and oxygen atoms in total. The molecule has 1 rings (SSSR count). The maximum atomic E-state index is 11.6. The van der Waals surface area contributed by atoms with Gasteiger partial charge in [-0.25, -0.2) is 0 Å². The van der Waals surface area contributed by atoms with E-state index in [9.17, 15) is 9.90 Å². The van der Waals surface area contributed by atoms with Gasteiger partial charge in [-0.2, -0.15) is 0 Å². The van der Waals surface area contributed by atoms with Crippen LogP contribution >= 0.6 is 0 Å². The average molecular weight is 200 g/mol. The zero-order valence-corrected chi connectivity index (χ0v) is 8.99. The topological polar surface area (TPSA) is 52.6 Å². The van der Waals surface area contributed by atoms with E-state index < -0.39 is 0 Å². The molecule has 2 N–H and O–H groups in total. The first-order chi connectivity index (χ1) is 6.61. The van der Waals surface area contributed by atoms with E-state index in [0.29, 0.717) is 6.54 Å². The molecule has 1 aliphatic rings. The van der Waals surface area contributed by atoms with E-state index >= 15 is 0 Å². The van der Waals surface area contributed by atoms with Crippen molar-refractivity contribution in [2.75, 3.05) is 20.1 Å². The second-order valence-corrected chi connectivity index (χ2v) is 4.09. The van der Waals surface area contributed by atoms with Gasteiger partial charge in [-0.3, -0.25) is 9.69 Å². The Labute approximate surface area is 85.3 Å². The Kier molecular flexibility index (Phi) is 4.35. The van der Waals surface area contributed by atoms with Crippen molar-refractivity contribution in [3.8, 4) is 0 Å². The fourth-order valence-electron chi connectivity index (χ4n) is 1.89. The van der Waals surface area contributed by atoms with Crippen LogP contribution in [0.3, 0.4) is 0 Å². The minimum Gasteiger partial charge on any atom is -0.392 e. The number of aliphatic hydroxyl groups excluding tert-OH is 1. The van der Waals surface area contributed by atoms with Crippen molar-refractivity contribution in [2.45, 2.75) is 38.3 Å². The number of amides is 1.